The van der Waals surface area contributed by atoms with Crippen LogP contribution in [0.4, 0.5) is 18.9 Å². The number of amides is 1. The SMILES string of the molecule is Cc1ccc(-n2c(C)cc(/C=N\NC(=O)CN(c3cccc(C(F)(F)F)c3)S(C)(=O)=O)c2C)cc1C. The Morgan fingerprint density at radius 1 is 1.06 bits per heavy atom. The quantitative estimate of drug-likeness (QED) is 0.364. The summed E-state index contributed by atoms with van der Waals surface area (Å²) in [6.07, 6.45) is -2.41. The largest absolute Gasteiger partial charge is 0.416 e. The molecule has 0 bridgehead atoms. The van der Waals surface area contributed by atoms with E-state index in [-0.39, 0.29) is 5.69 Å². The van der Waals surface area contributed by atoms with E-state index in [0.717, 1.165) is 46.6 Å². The van der Waals surface area contributed by atoms with Crippen LogP contribution in [-0.4, -0.2) is 37.9 Å². The van der Waals surface area contributed by atoms with Crippen LogP contribution >= 0.6 is 0 Å². The molecule has 0 aliphatic carbocycles. The molecule has 7 nitrogen and oxygen atoms in total. The Morgan fingerprint density at radius 2 is 1.75 bits per heavy atom. The number of alkyl halides is 3. The number of benzene rings is 2. The topological polar surface area (TPSA) is 83.8 Å². The maximum atomic E-state index is 13.1. The molecule has 192 valence electrons. The number of hydrazone groups is 1. The third-order valence-electron chi connectivity index (χ3n) is 5.76. The van der Waals surface area contributed by atoms with Crippen LogP contribution in [0.1, 0.15) is 33.6 Å². The van der Waals surface area contributed by atoms with Gasteiger partial charge in [-0.2, -0.15) is 18.3 Å². The molecule has 36 heavy (non-hydrogen) atoms. The predicted octanol–water partition coefficient (Wildman–Crippen LogP) is 4.65. The number of anilines is 1. The van der Waals surface area contributed by atoms with E-state index in [1.54, 1.807) is 0 Å². The maximum absolute atomic E-state index is 13.1. The van der Waals surface area contributed by atoms with Gasteiger partial charge in [0.15, 0.2) is 0 Å². The molecule has 3 rings (SSSR count). The summed E-state index contributed by atoms with van der Waals surface area (Å²) in [5.41, 5.74) is 6.86. The van der Waals surface area contributed by atoms with Gasteiger partial charge >= 0.3 is 6.18 Å². The lowest BCUT2D eigenvalue weighted by molar-refractivity contribution is -0.137. The molecule has 0 fully saturated rings. The van der Waals surface area contributed by atoms with Crippen LogP contribution in [0.15, 0.2) is 53.6 Å². The normalized spacial score (nSPS) is 12.2. The van der Waals surface area contributed by atoms with Crippen molar-refractivity contribution < 1.29 is 26.4 Å². The zero-order valence-corrected chi connectivity index (χ0v) is 21.3. The molecule has 1 aromatic heterocycles. The van der Waals surface area contributed by atoms with Crippen molar-refractivity contribution in [2.24, 2.45) is 5.10 Å². The molecular formula is C25H27F3N4O3S. The molecule has 0 radical (unpaired) electrons. The molecule has 0 unspecified atom stereocenters. The fraction of sp³-hybridized carbons (Fsp3) is 0.280. The highest BCUT2D eigenvalue weighted by molar-refractivity contribution is 7.92. The van der Waals surface area contributed by atoms with Gasteiger partial charge < -0.3 is 4.57 Å². The summed E-state index contributed by atoms with van der Waals surface area (Å²) in [5, 5.41) is 3.93. The summed E-state index contributed by atoms with van der Waals surface area (Å²) < 4.78 is 66.2. The van der Waals surface area contributed by atoms with Crippen LogP contribution in [0.25, 0.3) is 5.69 Å². The third-order valence-corrected chi connectivity index (χ3v) is 6.90. The van der Waals surface area contributed by atoms with E-state index in [0.29, 0.717) is 10.4 Å². The molecule has 1 N–H and O–H groups in total. The highest BCUT2D eigenvalue weighted by Crippen LogP contribution is 2.32. The van der Waals surface area contributed by atoms with Gasteiger partial charge in [0.05, 0.1) is 23.7 Å². The Labute approximate surface area is 208 Å². The molecule has 0 aliphatic heterocycles. The molecule has 0 atom stereocenters. The summed E-state index contributed by atoms with van der Waals surface area (Å²) in [4.78, 5) is 12.4. The predicted molar refractivity (Wildman–Crippen MR) is 134 cm³/mol. The van der Waals surface area contributed by atoms with Crippen LogP contribution in [0.2, 0.25) is 0 Å². The van der Waals surface area contributed by atoms with Crippen molar-refractivity contribution in [3.8, 4) is 5.69 Å². The van der Waals surface area contributed by atoms with E-state index in [4.69, 9.17) is 0 Å². The standard InChI is InChI=1S/C25H27F3N4O3S/c1-16-9-10-23(11-17(16)2)32-18(3)12-20(19(32)4)14-29-30-24(33)15-31(36(5,34)35)22-8-6-7-21(13-22)25(26,27)28/h6-14H,15H2,1-5H3,(H,30,33)/b29-14-. The van der Waals surface area contributed by atoms with E-state index < -0.39 is 34.2 Å². The van der Waals surface area contributed by atoms with Gasteiger partial charge in [0.1, 0.15) is 6.54 Å². The maximum Gasteiger partial charge on any atom is 0.416 e. The molecule has 1 heterocycles. The molecule has 0 spiro atoms. The minimum absolute atomic E-state index is 0.275. The molecular weight excluding hydrogens is 493 g/mol. The van der Waals surface area contributed by atoms with Crippen molar-refractivity contribution in [1.82, 2.24) is 9.99 Å². The van der Waals surface area contributed by atoms with Gasteiger partial charge in [-0.1, -0.05) is 12.1 Å². The number of nitrogens with zero attached hydrogens (tertiary/aromatic N) is 3. The number of carbonyl (C=O) groups excluding carboxylic acids is 1. The van der Waals surface area contributed by atoms with E-state index in [2.05, 4.69) is 21.2 Å². The average molecular weight is 521 g/mol. The van der Waals surface area contributed by atoms with E-state index >= 15 is 0 Å². The van der Waals surface area contributed by atoms with Crippen LogP contribution in [-0.2, 0) is 21.0 Å². The Bertz CT molecular complexity index is 1430. The van der Waals surface area contributed by atoms with Gasteiger partial charge in [-0.05, 0) is 75.2 Å². The number of hydrogen-bond acceptors (Lipinski definition) is 4. The highest BCUT2D eigenvalue weighted by Gasteiger charge is 2.32. The van der Waals surface area contributed by atoms with Gasteiger partial charge in [-0.15, -0.1) is 0 Å². The lowest BCUT2D eigenvalue weighted by atomic mass is 10.1. The third kappa shape index (κ3) is 6.14. The van der Waals surface area contributed by atoms with Crippen LogP contribution < -0.4 is 9.73 Å². The van der Waals surface area contributed by atoms with Crippen molar-refractivity contribution in [3.05, 3.63) is 82.2 Å². The first-order valence-corrected chi connectivity index (χ1v) is 12.8. The van der Waals surface area contributed by atoms with E-state index in [9.17, 15) is 26.4 Å². The molecule has 0 saturated heterocycles. The van der Waals surface area contributed by atoms with Gasteiger partial charge in [0, 0.05) is 22.6 Å². The van der Waals surface area contributed by atoms with Crippen molar-refractivity contribution in [2.45, 2.75) is 33.9 Å². The molecule has 11 heteroatoms. The lowest BCUT2D eigenvalue weighted by Gasteiger charge is -2.22. The van der Waals surface area contributed by atoms with Crippen LogP contribution in [0, 0.1) is 27.7 Å². The molecule has 1 amide bonds. The molecule has 0 aliphatic rings. The summed E-state index contributed by atoms with van der Waals surface area (Å²) in [6.45, 7) is 7.18. The fourth-order valence-corrected chi connectivity index (χ4v) is 4.61. The lowest BCUT2D eigenvalue weighted by Crippen LogP contribution is -2.39. The first-order chi connectivity index (χ1) is 16.7. The minimum Gasteiger partial charge on any atom is -0.318 e. The number of sulfonamides is 1. The van der Waals surface area contributed by atoms with E-state index in [1.165, 1.54) is 17.8 Å². The number of carbonyl (C=O) groups is 1. The smallest absolute Gasteiger partial charge is 0.318 e. The number of nitrogens with one attached hydrogen (secondary N) is 1. The second kappa shape index (κ2) is 10.2. The van der Waals surface area contributed by atoms with Gasteiger partial charge in [-0.3, -0.25) is 9.10 Å². The molecule has 0 saturated carbocycles. The van der Waals surface area contributed by atoms with Gasteiger partial charge in [0.2, 0.25) is 10.0 Å². The van der Waals surface area contributed by atoms with Gasteiger partial charge in [-0.25, -0.2) is 13.8 Å². The summed E-state index contributed by atoms with van der Waals surface area (Å²) in [5.74, 6) is -0.808. The Balaban J connectivity index is 1.77. The second-order valence-corrected chi connectivity index (χ2v) is 10.4. The van der Waals surface area contributed by atoms with Crippen LogP contribution in [0.5, 0.6) is 0 Å². The molecule has 3 aromatic rings. The van der Waals surface area contributed by atoms with Crippen molar-refractivity contribution in [3.63, 3.8) is 0 Å². The monoisotopic (exact) mass is 520 g/mol. The second-order valence-electron chi connectivity index (χ2n) is 8.54. The minimum atomic E-state index is -4.66. The van der Waals surface area contributed by atoms with Gasteiger partial charge in [0.25, 0.3) is 5.91 Å². The number of aromatic nitrogens is 1. The molecule has 2 aromatic carbocycles. The Kier molecular flexibility index (Phi) is 7.63. The summed E-state index contributed by atoms with van der Waals surface area (Å²) >= 11 is 0. The highest BCUT2D eigenvalue weighted by atomic mass is 32.2. The zero-order valence-electron chi connectivity index (χ0n) is 20.5. The summed E-state index contributed by atoms with van der Waals surface area (Å²) in [7, 11) is -4.05. The summed E-state index contributed by atoms with van der Waals surface area (Å²) in [6, 6.07) is 11.8. The van der Waals surface area contributed by atoms with E-state index in [1.807, 2.05) is 45.9 Å². The van der Waals surface area contributed by atoms with Crippen molar-refractivity contribution >= 4 is 27.8 Å². The number of rotatable bonds is 7. The number of hydrogen-bond donors (Lipinski definition) is 1. The van der Waals surface area contributed by atoms with Crippen LogP contribution in [0.3, 0.4) is 0 Å². The Morgan fingerprint density at radius 3 is 2.36 bits per heavy atom. The number of halogens is 3. The fourth-order valence-electron chi connectivity index (χ4n) is 3.76. The first-order valence-electron chi connectivity index (χ1n) is 10.9. The zero-order chi connectivity index (χ0) is 26.8. The van der Waals surface area contributed by atoms with Crippen molar-refractivity contribution in [1.29, 1.82) is 0 Å². The first kappa shape index (κ1) is 27.0. The number of aryl methyl sites for hydroxylation is 3. The van der Waals surface area contributed by atoms with Crippen molar-refractivity contribution in [2.75, 3.05) is 17.1 Å². The average Bonchev–Trinajstić information content (AvgIpc) is 3.06. The Hall–Kier alpha value is -3.60.